The zero-order chi connectivity index (χ0) is 24.8. The summed E-state index contributed by atoms with van der Waals surface area (Å²) in [6.45, 7) is 5.10. The molecule has 0 heterocycles. The summed E-state index contributed by atoms with van der Waals surface area (Å²) in [5.41, 5.74) is 1.78. The zero-order valence-electron chi connectivity index (χ0n) is 21.1. The van der Waals surface area contributed by atoms with Crippen molar-refractivity contribution in [3.05, 3.63) is 64.5 Å². The van der Waals surface area contributed by atoms with E-state index in [9.17, 15) is 13.2 Å². The van der Waals surface area contributed by atoms with Gasteiger partial charge in [0, 0.05) is 12.7 Å². The number of aryl methyl sites for hydroxylation is 1. The molecule has 5 heteroatoms. The van der Waals surface area contributed by atoms with E-state index in [1.54, 1.807) is 6.07 Å². The van der Waals surface area contributed by atoms with Gasteiger partial charge in [-0.05, 0) is 119 Å². The van der Waals surface area contributed by atoms with Gasteiger partial charge >= 0.3 is 0 Å². The molecule has 35 heavy (non-hydrogen) atoms. The third-order valence-corrected chi connectivity index (χ3v) is 8.10. The summed E-state index contributed by atoms with van der Waals surface area (Å²) in [5, 5.41) is 0. The van der Waals surface area contributed by atoms with E-state index < -0.39 is 11.6 Å². The monoisotopic (exact) mass is 488 g/mol. The van der Waals surface area contributed by atoms with Crippen molar-refractivity contribution in [1.82, 2.24) is 0 Å². The molecule has 2 aliphatic rings. The molecular formula is C30H39F3O2. The highest BCUT2D eigenvalue weighted by Gasteiger charge is 2.28. The Hall–Kier alpha value is -2.01. The van der Waals surface area contributed by atoms with Crippen molar-refractivity contribution in [2.75, 3.05) is 13.2 Å². The van der Waals surface area contributed by atoms with Crippen LogP contribution in [0.2, 0.25) is 0 Å². The van der Waals surface area contributed by atoms with E-state index in [0.717, 1.165) is 63.4 Å². The first-order chi connectivity index (χ1) is 17.0. The van der Waals surface area contributed by atoms with Gasteiger partial charge in [-0.3, -0.25) is 0 Å². The summed E-state index contributed by atoms with van der Waals surface area (Å²) in [7, 11) is 0. The lowest BCUT2D eigenvalue weighted by Crippen LogP contribution is -2.21. The molecule has 0 unspecified atom stereocenters. The maximum Gasteiger partial charge on any atom is 0.162 e. The van der Waals surface area contributed by atoms with Crippen molar-refractivity contribution < 1.29 is 22.6 Å². The summed E-state index contributed by atoms with van der Waals surface area (Å²) in [6.07, 6.45) is 8.98. The van der Waals surface area contributed by atoms with Gasteiger partial charge in [0.05, 0.1) is 12.7 Å². The van der Waals surface area contributed by atoms with E-state index >= 15 is 0 Å². The van der Waals surface area contributed by atoms with Gasteiger partial charge in [0.1, 0.15) is 11.6 Å². The van der Waals surface area contributed by atoms with E-state index in [-0.39, 0.29) is 23.8 Å². The van der Waals surface area contributed by atoms with Crippen molar-refractivity contribution >= 4 is 0 Å². The third-order valence-electron chi connectivity index (χ3n) is 8.10. The quantitative estimate of drug-likeness (QED) is 0.352. The lowest BCUT2D eigenvalue weighted by molar-refractivity contribution is 0.0325. The van der Waals surface area contributed by atoms with E-state index in [2.05, 4.69) is 0 Å². The zero-order valence-corrected chi connectivity index (χ0v) is 21.1. The molecule has 0 N–H and O–H groups in total. The highest BCUT2D eigenvalue weighted by molar-refractivity contribution is 5.32. The van der Waals surface area contributed by atoms with E-state index in [1.807, 2.05) is 32.0 Å². The molecular weight excluding hydrogens is 449 g/mol. The Kier molecular flexibility index (Phi) is 9.16. The summed E-state index contributed by atoms with van der Waals surface area (Å²) in [5.74, 6) is -0.185. The smallest absolute Gasteiger partial charge is 0.162 e. The molecule has 0 aromatic heterocycles. The second-order valence-electron chi connectivity index (χ2n) is 10.2. The normalized spacial score (nSPS) is 24.9. The molecule has 2 saturated carbocycles. The van der Waals surface area contributed by atoms with Gasteiger partial charge in [-0.1, -0.05) is 18.2 Å². The molecule has 2 nitrogen and oxygen atoms in total. The molecule has 0 radical (unpaired) electrons. The van der Waals surface area contributed by atoms with Crippen LogP contribution in [0.5, 0.6) is 5.75 Å². The number of rotatable bonds is 9. The van der Waals surface area contributed by atoms with Crippen LogP contribution in [0.4, 0.5) is 13.2 Å². The Morgan fingerprint density at radius 2 is 1.40 bits per heavy atom. The largest absolute Gasteiger partial charge is 0.494 e. The van der Waals surface area contributed by atoms with Crippen molar-refractivity contribution in [2.24, 2.45) is 5.92 Å². The number of ether oxygens (including phenoxy) is 2. The van der Waals surface area contributed by atoms with Gasteiger partial charge in [0.2, 0.25) is 0 Å². The fourth-order valence-electron chi connectivity index (χ4n) is 6.11. The van der Waals surface area contributed by atoms with Crippen LogP contribution in [-0.4, -0.2) is 19.3 Å². The van der Waals surface area contributed by atoms with Gasteiger partial charge in [-0.25, -0.2) is 13.2 Å². The Balaban J connectivity index is 1.28. The van der Waals surface area contributed by atoms with Gasteiger partial charge in [0.25, 0.3) is 0 Å². The molecule has 0 amide bonds. The minimum atomic E-state index is -0.667. The maximum absolute atomic E-state index is 15.0. The van der Waals surface area contributed by atoms with Crippen LogP contribution < -0.4 is 4.74 Å². The highest BCUT2D eigenvalue weighted by atomic mass is 19.2. The van der Waals surface area contributed by atoms with Crippen LogP contribution in [0.25, 0.3) is 0 Å². The SMILES string of the molecule is CCOc1ccc(C2CCC(CCc3ccc(C4CCC(OCC)CC4)c(F)c3F)CC2)c(F)c1. The molecule has 2 aromatic rings. The molecule has 0 saturated heterocycles. The minimum Gasteiger partial charge on any atom is -0.494 e. The molecule has 0 spiro atoms. The average Bonchev–Trinajstić information content (AvgIpc) is 2.87. The molecule has 2 aromatic carbocycles. The summed E-state index contributed by atoms with van der Waals surface area (Å²) in [4.78, 5) is 0. The second kappa shape index (κ2) is 12.3. The molecule has 0 atom stereocenters. The van der Waals surface area contributed by atoms with E-state index in [0.29, 0.717) is 42.4 Å². The van der Waals surface area contributed by atoms with Crippen LogP contribution in [-0.2, 0) is 11.2 Å². The Bertz CT molecular complexity index is 960. The fraction of sp³-hybridized carbons (Fsp3) is 0.600. The van der Waals surface area contributed by atoms with E-state index in [4.69, 9.17) is 9.47 Å². The molecule has 0 bridgehead atoms. The number of hydrogen-bond donors (Lipinski definition) is 0. The first kappa shape index (κ1) is 26.1. The van der Waals surface area contributed by atoms with Crippen molar-refractivity contribution in [1.29, 1.82) is 0 Å². The number of halogens is 3. The molecule has 2 aliphatic carbocycles. The number of hydrogen-bond acceptors (Lipinski definition) is 2. The van der Waals surface area contributed by atoms with Crippen LogP contribution in [0.15, 0.2) is 30.3 Å². The summed E-state index contributed by atoms with van der Waals surface area (Å²) >= 11 is 0. The topological polar surface area (TPSA) is 18.5 Å². The Labute approximate surface area is 208 Å². The standard InChI is InChI=1S/C30H39F3O2/c1-3-34-24-14-11-22(12-15-24)27-17-13-23(29(32)30(27)33)10-7-20-5-8-21(9-6-20)26-18-16-25(35-4-2)19-28(26)31/h13,16-22,24H,3-12,14-15H2,1-2H3. The van der Waals surface area contributed by atoms with Crippen LogP contribution >= 0.6 is 0 Å². The lowest BCUT2D eigenvalue weighted by Gasteiger charge is -2.30. The summed E-state index contributed by atoms with van der Waals surface area (Å²) < 4.78 is 55.5. The predicted molar refractivity (Wildman–Crippen MR) is 134 cm³/mol. The lowest BCUT2D eigenvalue weighted by atomic mass is 9.76. The predicted octanol–water partition coefficient (Wildman–Crippen LogP) is 8.47. The van der Waals surface area contributed by atoms with Gasteiger partial charge in [0.15, 0.2) is 11.6 Å². The minimum absolute atomic E-state index is 0.0773. The van der Waals surface area contributed by atoms with Crippen molar-refractivity contribution in [3.8, 4) is 5.75 Å². The van der Waals surface area contributed by atoms with Crippen LogP contribution in [0, 0.1) is 23.4 Å². The first-order valence-corrected chi connectivity index (χ1v) is 13.5. The molecule has 2 fully saturated rings. The third kappa shape index (κ3) is 6.41. The fourth-order valence-corrected chi connectivity index (χ4v) is 6.11. The molecule has 0 aliphatic heterocycles. The average molecular weight is 489 g/mol. The van der Waals surface area contributed by atoms with E-state index in [1.165, 1.54) is 6.07 Å². The van der Waals surface area contributed by atoms with Gasteiger partial charge in [-0.15, -0.1) is 0 Å². The maximum atomic E-state index is 15.0. The molecule has 4 rings (SSSR count). The Morgan fingerprint density at radius 3 is 2.06 bits per heavy atom. The first-order valence-electron chi connectivity index (χ1n) is 13.5. The molecule has 192 valence electrons. The van der Waals surface area contributed by atoms with Gasteiger partial charge < -0.3 is 9.47 Å². The van der Waals surface area contributed by atoms with Crippen LogP contribution in [0.1, 0.15) is 100 Å². The van der Waals surface area contributed by atoms with Crippen molar-refractivity contribution in [3.63, 3.8) is 0 Å². The Morgan fingerprint density at radius 1 is 0.743 bits per heavy atom. The second-order valence-corrected chi connectivity index (χ2v) is 10.2. The number of benzene rings is 2. The highest BCUT2D eigenvalue weighted by Crippen LogP contribution is 2.40. The van der Waals surface area contributed by atoms with Gasteiger partial charge in [-0.2, -0.15) is 0 Å². The van der Waals surface area contributed by atoms with Crippen molar-refractivity contribution in [2.45, 2.75) is 96.0 Å². The summed E-state index contributed by atoms with van der Waals surface area (Å²) in [6, 6.07) is 8.79. The van der Waals surface area contributed by atoms with Crippen LogP contribution in [0.3, 0.4) is 0 Å².